The quantitative estimate of drug-likeness (QED) is 0.343. The molecule has 0 aliphatic heterocycles. The smallest absolute Gasteiger partial charge is 0.162 e. The Bertz CT molecular complexity index is 887. The Balaban J connectivity index is 1.75. The number of ketones is 2. The highest BCUT2D eigenvalue weighted by Crippen LogP contribution is 2.33. The fourth-order valence-corrected chi connectivity index (χ4v) is 4.62. The van der Waals surface area contributed by atoms with E-state index in [1.54, 1.807) is 0 Å². The summed E-state index contributed by atoms with van der Waals surface area (Å²) in [7, 11) is 0. The topological polar surface area (TPSA) is 37.4 Å². The molecular weight excluding hydrogens is 414 g/mol. The van der Waals surface area contributed by atoms with Crippen molar-refractivity contribution in [1.82, 2.24) is 4.90 Å². The Morgan fingerprint density at radius 1 is 0.969 bits per heavy atom. The van der Waals surface area contributed by atoms with E-state index in [-0.39, 0.29) is 17.7 Å². The minimum atomic E-state index is 0.000934. The molecule has 3 aliphatic carbocycles. The summed E-state index contributed by atoms with van der Waals surface area (Å²) in [4.78, 5) is 28.4. The SMILES string of the molecule is CCCCC(=O)C1=CCC(N(C2=CCC(C(=O)CCCC)C=C2)C2=CC=C(S)CC2)C=C1. The second-order valence-electron chi connectivity index (χ2n) is 8.93. The van der Waals surface area contributed by atoms with Gasteiger partial charge in [0.1, 0.15) is 5.78 Å². The third kappa shape index (κ3) is 6.48. The zero-order chi connectivity index (χ0) is 22.9. The van der Waals surface area contributed by atoms with Gasteiger partial charge in [0.05, 0.1) is 6.04 Å². The highest BCUT2D eigenvalue weighted by atomic mass is 32.1. The van der Waals surface area contributed by atoms with E-state index < -0.39 is 0 Å². The molecule has 3 rings (SSSR count). The van der Waals surface area contributed by atoms with Gasteiger partial charge >= 0.3 is 0 Å². The van der Waals surface area contributed by atoms with Crippen LogP contribution in [-0.4, -0.2) is 22.5 Å². The highest BCUT2D eigenvalue weighted by Gasteiger charge is 2.26. The van der Waals surface area contributed by atoms with Crippen LogP contribution < -0.4 is 0 Å². The monoisotopic (exact) mass is 451 g/mol. The van der Waals surface area contributed by atoms with Gasteiger partial charge in [-0.1, -0.05) is 63.1 Å². The van der Waals surface area contributed by atoms with Crippen LogP contribution in [0.4, 0.5) is 0 Å². The summed E-state index contributed by atoms with van der Waals surface area (Å²) < 4.78 is 0. The summed E-state index contributed by atoms with van der Waals surface area (Å²) in [5.41, 5.74) is 3.26. The van der Waals surface area contributed by atoms with Crippen LogP contribution in [0.1, 0.15) is 78.1 Å². The molecule has 4 heteroatoms. The van der Waals surface area contributed by atoms with Crippen molar-refractivity contribution >= 4 is 24.2 Å². The van der Waals surface area contributed by atoms with Gasteiger partial charge in [-0.2, -0.15) is 0 Å². The van der Waals surface area contributed by atoms with Crippen molar-refractivity contribution < 1.29 is 9.59 Å². The maximum Gasteiger partial charge on any atom is 0.162 e. The first-order valence-corrected chi connectivity index (χ1v) is 12.7. The Hall–Kier alpha value is -2.07. The predicted octanol–water partition coefficient (Wildman–Crippen LogP) is 7.01. The average molecular weight is 452 g/mol. The summed E-state index contributed by atoms with van der Waals surface area (Å²) in [5, 5.41) is 0. The van der Waals surface area contributed by atoms with Gasteiger partial charge in [-0.05, 0) is 55.6 Å². The van der Waals surface area contributed by atoms with Crippen LogP contribution in [-0.2, 0) is 9.59 Å². The van der Waals surface area contributed by atoms with Crippen LogP contribution in [0.3, 0.4) is 0 Å². The van der Waals surface area contributed by atoms with E-state index in [0.717, 1.165) is 67.5 Å². The Labute approximate surface area is 199 Å². The first-order valence-electron chi connectivity index (χ1n) is 12.2. The van der Waals surface area contributed by atoms with Crippen LogP contribution in [0.5, 0.6) is 0 Å². The van der Waals surface area contributed by atoms with E-state index in [1.807, 2.05) is 6.08 Å². The molecule has 0 saturated heterocycles. The molecule has 0 aromatic heterocycles. The first kappa shape index (κ1) is 24.6. The minimum Gasteiger partial charge on any atom is -0.338 e. The zero-order valence-electron chi connectivity index (χ0n) is 19.6. The number of Topliss-reactive ketones (excluding diaryl/α,β-unsaturated/α-hetero) is 2. The summed E-state index contributed by atoms with van der Waals surface area (Å²) >= 11 is 4.52. The maximum absolute atomic E-state index is 12.5. The molecule has 0 bridgehead atoms. The molecule has 0 saturated carbocycles. The van der Waals surface area contributed by atoms with E-state index in [0.29, 0.717) is 18.6 Å². The normalized spacial score (nSPS) is 22.6. The lowest BCUT2D eigenvalue weighted by Crippen LogP contribution is -2.34. The van der Waals surface area contributed by atoms with Crippen molar-refractivity contribution in [1.29, 1.82) is 0 Å². The molecule has 0 amide bonds. The Morgan fingerprint density at radius 2 is 1.75 bits per heavy atom. The van der Waals surface area contributed by atoms with Crippen molar-refractivity contribution in [3.8, 4) is 0 Å². The molecule has 0 heterocycles. The molecule has 0 radical (unpaired) electrons. The van der Waals surface area contributed by atoms with Crippen molar-refractivity contribution in [2.45, 2.75) is 84.1 Å². The highest BCUT2D eigenvalue weighted by molar-refractivity contribution is 7.84. The number of carbonyl (C=O) groups excluding carboxylic acids is 2. The molecule has 172 valence electrons. The van der Waals surface area contributed by atoms with Crippen molar-refractivity contribution in [2.75, 3.05) is 0 Å². The zero-order valence-corrected chi connectivity index (χ0v) is 20.4. The van der Waals surface area contributed by atoms with Crippen LogP contribution >= 0.6 is 12.6 Å². The van der Waals surface area contributed by atoms with Crippen molar-refractivity contribution in [3.63, 3.8) is 0 Å². The lowest BCUT2D eigenvalue weighted by molar-refractivity contribution is -0.121. The summed E-state index contributed by atoms with van der Waals surface area (Å²) in [6.07, 6.45) is 25.7. The fraction of sp³-hybridized carbons (Fsp3) is 0.500. The van der Waals surface area contributed by atoms with Gasteiger partial charge in [-0.25, -0.2) is 0 Å². The molecule has 2 unspecified atom stereocenters. The van der Waals surface area contributed by atoms with Gasteiger partial charge in [-0.3, -0.25) is 9.59 Å². The standard InChI is InChI=1S/C28H37NO2S/c1-3-5-7-27(30)21-9-13-23(14-10-21)29(25-17-19-26(32)20-18-25)24-15-11-22(12-16-24)28(31)8-6-4-2/h9-11,13,15-17,19,22-23,32H,3-8,12,14,18,20H2,1-2H3. The molecule has 0 aromatic carbocycles. The predicted molar refractivity (Wildman–Crippen MR) is 136 cm³/mol. The second kappa shape index (κ2) is 12.2. The van der Waals surface area contributed by atoms with Gasteiger partial charge in [0.2, 0.25) is 0 Å². The molecule has 0 spiro atoms. The number of thiol groups is 1. The number of allylic oxidation sites excluding steroid dienone is 9. The molecule has 32 heavy (non-hydrogen) atoms. The largest absolute Gasteiger partial charge is 0.338 e. The van der Waals surface area contributed by atoms with Crippen molar-refractivity contribution in [3.05, 3.63) is 70.5 Å². The van der Waals surface area contributed by atoms with Gasteiger partial charge < -0.3 is 4.90 Å². The maximum atomic E-state index is 12.5. The number of carbonyl (C=O) groups is 2. The molecule has 2 atom stereocenters. The number of unbranched alkanes of at least 4 members (excludes halogenated alkanes) is 2. The van der Waals surface area contributed by atoms with Gasteiger partial charge in [0.15, 0.2) is 5.78 Å². The van der Waals surface area contributed by atoms with Crippen molar-refractivity contribution in [2.24, 2.45) is 5.92 Å². The fourth-order valence-electron chi connectivity index (χ4n) is 4.44. The van der Waals surface area contributed by atoms with Crippen LogP contribution in [0, 0.1) is 5.92 Å². The average Bonchev–Trinajstić information content (AvgIpc) is 2.83. The lowest BCUT2D eigenvalue weighted by Gasteiger charge is -2.37. The number of nitrogens with zero attached hydrogens (tertiary/aromatic N) is 1. The lowest BCUT2D eigenvalue weighted by atomic mass is 9.90. The number of hydrogen-bond donors (Lipinski definition) is 1. The van der Waals surface area contributed by atoms with Gasteiger partial charge in [-0.15, -0.1) is 12.6 Å². The summed E-state index contributed by atoms with van der Waals surface area (Å²) in [6.45, 7) is 4.24. The third-order valence-electron chi connectivity index (χ3n) is 6.45. The summed E-state index contributed by atoms with van der Waals surface area (Å²) in [5.74, 6) is 0.596. The molecule has 3 aliphatic rings. The summed E-state index contributed by atoms with van der Waals surface area (Å²) in [6, 6.07) is 0.169. The Kier molecular flexibility index (Phi) is 9.40. The molecular formula is C28H37NO2S. The van der Waals surface area contributed by atoms with Gasteiger partial charge in [0, 0.05) is 35.7 Å². The second-order valence-corrected chi connectivity index (χ2v) is 9.51. The van der Waals surface area contributed by atoms with E-state index in [1.165, 1.54) is 5.70 Å². The first-order chi connectivity index (χ1) is 15.5. The van der Waals surface area contributed by atoms with E-state index in [2.05, 4.69) is 73.9 Å². The third-order valence-corrected chi connectivity index (χ3v) is 6.82. The van der Waals surface area contributed by atoms with Gasteiger partial charge in [0.25, 0.3) is 0 Å². The van der Waals surface area contributed by atoms with E-state index in [9.17, 15) is 9.59 Å². The Morgan fingerprint density at radius 3 is 2.34 bits per heavy atom. The van der Waals surface area contributed by atoms with E-state index in [4.69, 9.17) is 0 Å². The molecule has 0 fully saturated rings. The van der Waals surface area contributed by atoms with E-state index >= 15 is 0 Å². The number of hydrogen-bond acceptors (Lipinski definition) is 4. The molecule has 3 nitrogen and oxygen atoms in total. The minimum absolute atomic E-state index is 0.000934. The van der Waals surface area contributed by atoms with Crippen LogP contribution in [0.25, 0.3) is 0 Å². The molecule has 0 aromatic rings. The van der Waals surface area contributed by atoms with Crippen LogP contribution in [0.15, 0.2) is 70.5 Å². The molecule has 0 N–H and O–H groups in total. The van der Waals surface area contributed by atoms with Crippen LogP contribution in [0.2, 0.25) is 0 Å². The number of rotatable bonds is 11.